The highest BCUT2D eigenvalue weighted by Crippen LogP contribution is 2.27. The molecule has 1 aromatic rings. The molecule has 0 bridgehead atoms. The predicted octanol–water partition coefficient (Wildman–Crippen LogP) is 2.20. The number of benzene rings is 1. The van der Waals surface area contributed by atoms with Crippen molar-refractivity contribution in [3.05, 3.63) is 22.7 Å². The Labute approximate surface area is 133 Å². The second-order valence-corrected chi connectivity index (χ2v) is 7.34. The molecule has 0 atom stereocenters. The predicted molar refractivity (Wildman–Crippen MR) is 83.2 cm³/mol. The molecule has 0 unspecified atom stereocenters. The normalized spacial score (nSPS) is 11.5. The van der Waals surface area contributed by atoms with Crippen LogP contribution in [0.1, 0.15) is 27.2 Å². The standard InChI is InChI=1S/C13H19BrN2O4S/c1-4-20-11-6-5-10(14)8-12(11)21(18,19)16-15-13(17)7-9(2)3/h5-6,8-9,16H,4,7H2,1-3H3,(H,15,17). The van der Waals surface area contributed by atoms with Crippen molar-refractivity contribution >= 4 is 31.9 Å². The molecule has 1 amide bonds. The second kappa shape index (κ2) is 7.77. The maximum Gasteiger partial charge on any atom is 0.261 e. The molecule has 0 heterocycles. The Morgan fingerprint density at radius 1 is 1.38 bits per heavy atom. The first kappa shape index (κ1) is 17.9. The third-order valence-corrected chi connectivity index (χ3v) is 4.18. The van der Waals surface area contributed by atoms with Gasteiger partial charge in [-0.3, -0.25) is 10.2 Å². The van der Waals surface area contributed by atoms with Crippen LogP contribution in [0.25, 0.3) is 0 Å². The summed E-state index contributed by atoms with van der Waals surface area (Å²) in [4.78, 5) is 13.6. The summed E-state index contributed by atoms with van der Waals surface area (Å²) in [5, 5.41) is 0. The van der Waals surface area contributed by atoms with E-state index in [0.29, 0.717) is 11.1 Å². The van der Waals surface area contributed by atoms with E-state index in [-0.39, 0.29) is 28.9 Å². The van der Waals surface area contributed by atoms with Gasteiger partial charge in [0, 0.05) is 10.9 Å². The average Bonchev–Trinajstić information content (AvgIpc) is 2.38. The van der Waals surface area contributed by atoms with E-state index in [1.165, 1.54) is 6.07 Å². The summed E-state index contributed by atoms with van der Waals surface area (Å²) in [5.41, 5.74) is 2.19. The van der Waals surface area contributed by atoms with Gasteiger partial charge in [0.05, 0.1) is 6.61 Å². The second-order valence-electron chi connectivity index (χ2n) is 4.78. The van der Waals surface area contributed by atoms with E-state index in [9.17, 15) is 13.2 Å². The van der Waals surface area contributed by atoms with Crippen molar-refractivity contribution in [1.82, 2.24) is 10.3 Å². The number of rotatable bonds is 7. The molecule has 0 aliphatic carbocycles. The molecule has 8 heteroatoms. The van der Waals surface area contributed by atoms with E-state index in [1.54, 1.807) is 19.1 Å². The third-order valence-electron chi connectivity index (χ3n) is 2.41. The zero-order valence-electron chi connectivity index (χ0n) is 12.1. The maximum absolute atomic E-state index is 12.2. The molecule has 1 rings (SSSR count). The first-order valence-corrected chi connectivity index (χ1v) is 8.77. The van der Waals surface area contributed by atoms with Gasteiger partial charge in [0.25, 0.3) is 10.0 Å². The monoisotopic (exact) mass is 378 g/mol. The van der Waals surface area contributed by atoms with E-state index >= 15 is 0 Å². The first-order chi connectivity index (χ1) is 9.76. The van der Waals surface area contributed by atoms with E-state index in [1.807, 2.05) is 13.8 Å². The average molecular weight is 379 g/mol. The Morgan fingerprint density at radius 2 is 2.05 bits per heavy atom. The number of hydrogen-bond donors (Lipinski definition) is 2. The van der Waals surface area contributed by atoms with E-state index in [0.717, 1.165) is 0 Å². The van der Waals surface area contributed by atoms with Gasteiger partial charge in [-0.2, -0.15) is 0 Å². The Kier molecular flexibility index (Phi) is 6.63. The van der Waals surface area contributed by atoms with Crippen LogP contribution in [0, 0.1) is 5.92 Å². The van der Waals surface area contributed by atoms with Gasteiger partial charge in [-0.15, -0.1) is 4.83 Å². The van der Waals surface area contributed by atoms with E-state index < -0.39 is 10.0 Å². The number of halogens is 1. The molecule has 0 aliphatic heterocycles. The fraction of sp³-hybridized carbons (Fsp3) is 0.462. The molecule has 0 radical (unpaired) electrons. The molecular formula is C13H19BrN2O4S. The molecule has 0 spiro atoms. The smallest absolute Gasteiger partial charge is 0.261 e. The molecule has 0 saturated carbocycles. The van der Waals surface area contributed by atoms with Crippen LogP contribution in [-0.4, -0.2) is 20.9 Å². The quantitative estimate of drug-likeness (QED) is 0.712. The van der Waals surface area contributed by atoms with Crippen molar-refractivity contribution in [2.75, 3.05) is 6.61 Å². The van der Waals surface area contributed by atoms with E-state index in [4.69, 9.17) is 4.74 Å². The number of carbonyl (C=O) groups is 1. The number of sulfonamides is 1. The van der Waals surface area contributed by atoms with Crippen molar-refractivity contribution in [2.24, 2.45) is 5.92 Å². The zero-order chi connectivity index (χ0) is 16.0. The van der Waals surface area contributed by atoms with Crippen LogP contribution in [-0.2, 0) is 14.8 Å². The first-order valence-electron chi connectivity index (χ1n) is 6.49. The SMILES string of the molecule is CCOc1ccc(Br)cc1S(=O)(=O)NNC(=O)CC(C)C. The topological polar surface area (TPSA) is 84.5 Å². The summed E-state index contributed by atoms with van der Waals surface area (Å²) >= 11 is 3.22. The molecule has 0 aliphatic rings. The fourth-order valence-electron chi connectivity index (χ4n) is 1.57. The number of carbonyl (C=O) groups excluding carboxylic acids is 1. The third kappa shape index (κ3) is 5.64. The zero-order valence-corrected chi connectivity index (χ0v) is 14.5. The highest BCUT2D eigenvalue weighted by molar-refractivity contribution is 9.10. The summed E-state index contributed by atoms with van der Waals surface area (Å²) in [5.74, 6) is -0.0211. The molecule has 2 N–H and O–H groups in total. The minimum absolute atomic E-state index is 0.0384. The van der Waals surface area contributed by atoms with Gasteiger partial charge in [0.15, 0.2) is 0 Å². The minimum atomic E-state index is -3.90. The van der Waals surface area contributed by atoms with Crippen molar-refractivity contribution < 1.29 is 17.9 Å². The van der Waals surface area contributed by atoms with Gasteiger partial charge in [0.2, 0.25) is 5.91 Å². The highest BCUT2D eigenvalue weighted by Gasteiger charge is 2.21. The Balaban J connectivity index is 2.92. The molecule has 118 valence electrons. The van der Waals surface area contributed by atoms with Crippen LogP contribution in [0.3, 0.4) is 0 Å². The maximum atomic E-state index is 12.2. The molecule has 1 aromatic carbocycles. The van der Waals surface area contributed by atoms with Crippen LogP contribution >= 0.6 is 15.9 Å². The van der Waals surface area contributed by atoms with Gasteiger partial charge >= 0.3 is 0 Å². The lowest BCUT2D eigenvalue weighted by Crippen LogP contribution is -2.42. The Morgan fingerprint density at radius 3 is 2.62 bits per heavy atom. The van der Waals surface area contributed by atoms with Gasteiger partial charge < -0.3 is 4.74 Å². The van der Waals surface area contributed by atoms with Gasteiger partial charge in [-0.05, 0) is 31.0 Å². The molecular weight excluding hydrogens is 360 g/mol. The largest absolute Gasteiger partial charge is 0.492 e. The summed E-state index contributed by atoms with van der Waals surface area (Å²) < 4.78 is 30.4. The van der Waals surface area contributed by atoms with Crippen molar-refractivity contribution in [3.63, 3.8) is 0 Å². The number of ether oxygens (including phenoxy) is 1. The Hall–Kier alpha value is -1.12. The van der Waals surface area contributed by atoms with Crippen LogP contribution in [0.2, 0.25) is 0 Å². The van der Waals surface area contributed by atoms with Crippen LogP contribution in [0.15, 0.2) is 27.6 Å². The van der Waals surface area contributed by atoms with Gasteiger partial charge in [0.1, 0.15) is 10.6 Å². The van der Waals surface area contributed by atoms with Crippen molar-refractivity contribution in [2.45, 2.75) is 32.1 Å². The minimum Gasteiger partial charge on any atom is -0.492 e. The van der Waals surface area contributed by atoms with Gasteiger partial charge in [-0.25, -0.2) is 8.42 Å². The van der Waals surface area contributed by atoms with E-state index in [2.05, 4.69) is 26.2 Å². The van der Waals surface area contributed by atoms with Crippen LogP contribution in [0.4, 0.5) is 0 Å². The number of nitrogens with one attached hydrogen (secondary N) is 2. The lowest BCUT2D eigenvalue weighted by Gasteiger charge is -2.13. The van der Waals surface area contributed by atoms with Gasteiger partial charge in [-0.1, -0.05) is 29.8 Å². The molecule has 0 saturated heterocycles. The molecule has 6 nitrogen and oxygen atoms in total. The summed E-state index contributed by atoms with van der Waals surface area (Å²) in [6.07, 6.45) is 0.235. The fourth-order valence-corrected chi connectivity index (χ4v) is 3.11. The lowest BCUT2D eigenvalue weighted by atomic mass is 10.1. The molecule has 0 aromatic heterocycles. The lowest BCUT2D eigenvalue weighted by molar-refractivity contribution is -0.122. The Bertz CT molecular complexity index is 602. The van der Waals surface area contributed by atoms with Crippen LogP contribution < -0.4 is 15.0 Å². The number of hydrogen-bond acceptors (Lipinski definition) is 4. The number of amides is 1. The summed E-state index contributed by atoms with van der Waals surface area (Å²) in [6, 6.07) is 4.65. The number of hydrazine groups is 1. The van der Waals surface area contributed by atoms with Crippen molar-refractivity contribution in [3.8, 4) is 5.75 Å². The van der Waals surface area contributed by atoms with Crippen LogP contribution in [0.5, 0.6) is 5.75 Å². The summed E-state index contributed by atoms with van der Waals surface area (Å²) in [7, 11) is -3.90. The van der Waals surface area contributed by atoms with Crippen molar-refractivity contribution in [1.29, 1.82) is 0 Å². The summed E-state index contributed by atoms with van der Waals surface area (Å²) in [6.45, 7) is 5.84. The highest BCUT2D eigenvalue weighted by atomic mass is 79.9. The molecule has 0 fully saturated rings. The molecule has 21 heavy (non-hydrogen) atoms.